The Morgan fingerprint density at radius 2 is 1.85 bits per heavy atom. The van der Waals surface area contributed by atoms with E-state index in [-0.39, 0.29) is 12.4 Å². The Labute approximate surface area is 155 Å². The highest BCUT2D eigenvalue weighted by Crippen LogP contribution is 2.02. The number of alkyl carbamates (subject to hydrolysis) is 1. The number of nitrogens with zero attached hydrogens (tertiary/aromatic N) is 1. The number of carbonyl (C=O) groups is 2. The van der Waals surface area contributed by atoms with Crippen molar-refractivity contribution in [1.82, 2.24) is 10.7 Å². The zero-order chi connectivity index (χ0) is 19.6. The Bertz CT molecular complexity index is 779. The second kappa shape index (κ2) is 10.0. The maximum Gasteiger partial charge on any atom is 0.408 e. The lowest BCUT2D eigenvalue weighted by Gasteiger charge is -2.19. The number of halogens is 1. The smallest absolute Gasteiger partial charge is 0.408 e. The number of aliphatic hydroxyl groups is 1. The number of benzene rings is 2. The Hall–Kier alpha value is -3.26. The molecule has 142 valence electrons. The van der Waals surface area contributed by atoms with E-state index in [9.17, 15) is 19.1 Å². The summed E-state index contributed by atoms with van der Waals surface area (Å²) in [6.07, 6.45) is -0.706. The van der Waals surface area contributed by atoms with Gasteiger partial charge in [-0.2, -0.15) is 5.10 Å². The van der Waals surface area contributed by atoms with Crippen molar-refractivity contribution in [3.63, 3.8) is 0 Å². The van der Waals surface area contributed by atoms with Gasteiger partial charge >= 0.3 is 6.09 Å². The van der Waals surface area contributed by atoms with Crippen LogP contribution in [0.1, 0.15) is 18.1 Å². The minimum Gasteiger partial charge on any atom is -0.445 e. The molecule has 0 spiro atoms. The number of nitrogens with one attached hydrogen (secondary N) is 2. The van der Waals surface area contributed by atoms with Gasteiger partial charge in [0.2, 0.25) is 0 Å². The van der Waals surface area contributed by atoms with Gasteiger partial charge in [-0.15, -0.1) is 0 Å². The lowest BCUT2D eigenvalue weighted by Crippen LogP contribution is -2.51. The first kappa shape index (κ1) is 20.1. The van der Waals surface area contributed by atoms with Gasteiger partial charge in [-0.3, -0.25) is 4.79 Å². The topological polar surface area (TPSA) is 100 Å². The first-order valence-corrected chi connectivity index (χ1v) is 8.19. The minimum atomic E-state index is -1.25. The number of ether oxygens (including phenoxy) is 1. The lowest BCUT2D eigenvalue weighted by atomic mass is 10.2. The number of carbonyl (C=O) groups excluding carboxylic acids is 2. The van der Waals surface area contributed by atoms with Gasteiger partial charge in [-0.1, -0.05) is 42.5 Å². The first-order chi connectivity index (χ1) is 13.0. The zero-order valence-corrected chi connectivity index (χ0v) is 14.6. The Morgan fingerprint density at radius 1 is 1.19 bits per heavy atom. The molecule has 27 heavy (non-hydrogen) atoms. The molecule has 3 N–H and O–H groups in total. The summed E-state index contributed by atoms with van der Waals surface area (Å²) in [5.74, 6) is -1.11. The Balaban J connectivity index is 1.86. The van der Waals surface area contributed by atoms with Gasteiger partial charge in [0.1, 0.15) is 18.5 Å². The van der Waals surface area contributed by atoms with Crippen LogP contribution in [0, 0.1) is 5.82 Å². The number of aliphatic hydroxyl groups excluding tert-OH is 1. The summed E-state index contributed by atoms with van der Waals surface area (Å²) < 4.78 is 17.9. The van der Waals surface area contributed by atoms with Crippen molar-refractivity contribution in [1.29, 1.82) is 0 Å². The molecule has 0 aliphatic rings. The number of rotatable bonds is 7. The molecule has 2 atom stereocenters. The van der Waals surface area contributed by atoms with Crippen LogP contribution in [0.2, 0.25) is 0 Å². The van der Waals surface area contributed by atoms with E-state index in [4.69, 9.17) is 4.74 Å². The van der Waals surface area contributed by atoms with E-state index in [1.54, 1.807) is 12.1 Å². The van der Waals surface area contributed by atoms with Gasteiger partial charge < -0.3 is 15.2 Å². The molecule has 0 aliphatic carbocycles. The van der Waals surface area contributed by atoms with Crippen LogP contribution >= 0.6 is 0 Å². The third-order valence-corrected chi connectivity index (χ3v) is 3.51. The molecule has 2 rings (SSSR count). The van der Waals surface area contributed by atoms with Crippen LogP contribution in [0.3, 0.4) is 0 Å². The summed E-state index contributed by atoms with van der Waals surface area (Å²) in [4.78, 5) is 24.0. The molecule has 8 heteroatoms. The second-order valence-corrected chi connectivity index (χ2v) is 5.71. The van der Waals surface area contributed by atoms with E-state index in [1.165, 1.54) is 37.4 Å². The molecule has 0 aliphatic heterocycles. The predicted octanol–water partition coefficient (Wildman–Crippen LogP) is 1.95. The summed E-state index contributed by atoms with van der Waals surface area (Å²) in [5, 5.41) is 15.8. The van der Waals surface area contributed by atoms with E-state index in [2.05, 4.69) is 15.8 Å². The summed E-state index contributed by atoms with van der Waals surface area (Å²) >= 11 is 0. The average molecular weight is 373 g/mol. The molecule has 0 heterocycles. The Morgan fingerprint density at radius 3 is 2.48 bits per heavy atom. The third kappa shape index (κ3) is 6.87. The van der Waals surface area contributed by atoms with Crippen LogP contribution < -0.4 is 10.7 Å². The fraction of sp³-hybridized carbons (Fsp3) is 0.211. The fourth-order valence-electron chi connectivity index (χ4n) is 2.09. The van der Waals surface area contributed by atoms with Crippen LogP contribution in [0.25, 0.3) is 0 Å². The largest absolute Gasteiger partial charge is 0.445 e. The molecule has 0 unspecified atom stereocenters. The van der Waals surface area contributed by atoms with Crippen molar-refractivity contribution in [2.24, 2.45) is 5.10 Å². The van der Waals surface area contributed by atoms with Crippen LogP contribution in [-0.4, -0.2) is 35.5 Å². The molecule has 0 saturated carbocycles. The zero-order valence-electron chi connectivity index (χ0n) is 14.6. The molecule has 0 saturated heterocycles. The van der Waals surface area contributed by atoms with E-state index >= 15 is 0 Å². The average Bonchev–Trinajstić information content (AvgIpc) is 2.66. The molecule has 2 aromatic rings. The Kier molecular flexibility index (Phi) is 7.45. The van der Waals surface area contributed by atoms with E-state index in [0.717, 1.165) is 5.56 Å². The van der Waals surface area contributed by atoms with Crippen LogP contribution in [-0.2, 0) is 16.1 Å². The van der Waals surface area contributed by atoms with Crippen molar-refractivity contribution >= 4 is 18.2 Å². The standard InChI is InChI=1S/C19H20FN3O4/c1-13(24)17(22-19(26)27-12-15-5-3-2-4-6-15)18(25)23-21-11-14-7-9-16(20)10-8-14/h2-11,13,17,24H,12H2,1H3,(H,22,26)(H,23,25)/b21-11-/t13-,17+/m0/s1. The molecule has 2 aromatic carbocycles. The van der Waals surface area contributed by atoms with Gasteiger partial charge in [0.05, 0.1) is 12.3 Å². The highest BCUT2D eigenvalue weighted by atomic mass is 19.1. The van der Waals surface area contributed by atoms with Crippen molar-refractivity contribution in [3.05, 3.63) is 71.5 Å². The quantitative estimate of drug-likeness (QED) is 0.510. The van der Waals surface area contributed by atoms with Crippen LogP contribution in [0.15, 0.2) is 59.7 Å². The van der Waals surface area contributed by atoms with Crippen LogP contribution in [0.5, 0.6) is 0 Å². The molecular formula is C19H20FN3O4. The highest BCUT2D eigenvalue weighted by molar-refractivity contribution is 5.87. The van der Waals surface area contributed by atoms with E-state index in [0.29, 0.717) is 5.56 Å². The number of hydrogen-bond donors (Lipinski definition) is 3. The van der Waals surface area contributed by atoms with Gasteiger partial charge in [0.25, 0.3) is 5.91 Å². The van der Waals surface area contributed by atoms with Crippen molar-refractivity contribution in [3.8, 4) is 0 Å². The molecule has 0 fully saturated rings. The summed E-state index contributed by atoms with van der Waals surface area (Å²) in [6, 6.07) is 13.3. The monoisotopic (exact) mass is 373 g/mol. The molecule has 0 aromatic heterocycles. The summed E-state index contributed by atoms with van der Waals surface area (Å²) in [7, 11) is 0. The van der Waals surface area contributed by atoms with E-state index < -0.39 is 24.1 Å². The number of hydrazone groups is 1. The maximum absolute atomic E-state index is 12.8. The SMILES string of the molecule is C[C@H](O)[C@@H](NC(=O)OCc1ccccc1)C(=O)N/N=C\c1ccc(F)cc1. The molecule has 0 bridgehead atoms. The fourth-order valence-corrected chi connectivity index (χ4v) is 2.09. The summed E-state index contributed by atoms with van der Waals surface area (Å²) in [5.41, 5.74) is 3.57. The molecule has 2 amide bonds. The highest BCUT2D eigenvalue weighted by Gasteiger charge is 2.26. The maximum atomic E-state index is 12.8. The van der Waals surface area contributed by atoms with Crippen LogP contribution in [0.4, 0.5) is 9.18 Å². The number of hydrogen-bond acceptors (Lipinski definition) is 5. The van der Waals surface area contributed by atoms with Gasteiger partial charge in [-0.25, -0.2) is 14.6 Å². The minimum absolute atomic E-state index is 0.0313. The van der Waals surface area contributed by atoms with E-state index in [1.807, 2.05) is 18.2 Å². The second-order valence-electron chi connectivity index (χ2n) is 5.71. The molecular weight excluding hydrogens is 353 g/mol. The van der Waals surface area contributed by atoms with Gasteiger partial charge in [0, 0.05) is 0 Å². The van der Waals surface area contributed by atoms with Crippen molar-refractivity contribution in [2.45, 2.75) is 25.7 Å². The predicted molar refractivity (Wildman–Crippen MR) is 97.4 cm³/mol. The van der Waals surface area contributed by atoms with Gasteiger partial charge in [0.15, 0.2) is 0 Å². The van der Waals surface area contributed by atoms with Crippen molar-refractivity contribution in [2.75, 3.05) is 0 Å². The lowest BCUT2D eigenvalue weighted by molar-refractivity contribution is -0.125. The molecule has 0 radical (unpaired) electrons. The summed E-state index contributed by atoms with van der Waals surface area (Å²) in [6.45, 7) is 1.38. The van der Waals surface area contributed by atoms with Gasteiger partial charge in [-0.05, 0) is 30.2 Å². The third-order valence-electron chi connectivity index (χ3n) is 3.51. The number of amides is 2. The first-order valence-electron chi connectivity index (χ1n) is 8.19. The van der Waals surface area contributed by atoms with Crippen molar-refractivity contribution < 1.29 is 23.8 Å². The molecule has 7 nitrogen and oxygen atoms in total. The normalized spacial score (nSPS) is 13.0.